The molecule has 5 heteroatoms. The predicted octanol–water partition coefficient (Wildman–Crippen LogP) is 2.96. The molecule has 0 bridgehead atoms. The summed E-state index contributed by atoms with van der Waals surface area (Å²) >= 11 is 1.45. The first kappa shape index (κ1) is 13.8. The van der Waals surface area contributed by atoms with Crippen LogP contribution in [0.15, 0.2) is 42.5 Å². The summed E-state index contributed by atoms with van der Waals surface area (Å²) in [6, 6.07) is 13.7. The molecular weight excluding hydrogens is 286 g/mol. The van der Waals surface area contributed by atoms with Gasteiger partial charge in [-0.05, 0) is 24.1 Å². The average Bonchev–Trinajstić information content (AvgIpc) is 3.17. The van der Waals surface area contributed by atoms with Gasteiger partial charge in [-0.3, -0.25) is 9.59 Å². The summed E-state index contributed by atoms with van der Waals surface area (Å²) in [6.45, 7) is 0.834. The van der Waals surface area contributed by atoms with Crippen LogP contribution in [0.4, 0.5) is 0 Å². The lowest BCUT2D eigenvalue weighted by Gasteiger charge is -2.14. The van der Waals surface area contributed by atoms with Gasteiger partial charge in [-0.15, -0.1) is 11.3 Å². The third kappa shape index (κ3) is 2.83. The standard InChI is InChI=1S/C16H15NO3S/c18-15(17-9-8-12(10-17)16(19)20)14-7-6-13(21-14)11-4-2-1-3-5-11/h1-7,12H,8-10H2,(H,19,20). The Balaban J connectivity index is 1.75. The third-order valence-electron chi connectivity index (χ3n) is 3.70. The lowest BCUT2D eigenvalue weighted by molar-refractivity contribution is -0.141. The number of thiophene rings is 1. The van der Waals surface area contributed by atoms with Crippen LogP contribution in [0.25, 0.3) is 10.4 Å². The Bertz CT molecular complexity index is 665. The van der Waals surface area contributed by atoms with E-state index in [2.05, 4.69) is 0 Å². The fourth-order valence-electron chi connectivity index (χ4n) is 2.51. The SMILES string of the molecule is O=C(O)C1CCN(C(=O)c2ccc(-c3ccccc3)s2)C1. The maximum atomic E-state index is 12.4. The van der Waals surface area contributed by atoms with Crippen LogP contribution in [0, 0.1) is 5.92 Å². The number of benzene rings is 1. The fraction of sp³-hybridized carbons (Fsp3) is 0.250. The molecule has 1 aromatic heterocycles. The highest BCUT2D eigenvalue weighted by molar-refractivity contribution is 7.17. The molecule has 1 N–H and O–H groups in total. The van der Waals surface area contributed by atoms with E-state index in [1.54, 1.807) is 4.90 Å². The molecule has 1 aliphatic rings. The molecule has 1 amide bonds. The Morgan fingerprint density at radius 3 is 2.57 bits per heavy atom. The second kappa shape index (κ2) is 5.69. The molecule has 0 aliphatic carbocycles. The van der Waals surface area contributed by atoms with Crippen LogP contribution in [0.3, 0.4) is 0 Å². The van der Waals surface area contributed by atoms with Gasteiger partial charge in [-0.25, -0.2) is 0 Å². The minimum Gasteiger partial charge on any atom is -0.481 e. The first-order valence-corrected chi connectivity index (χ1v) is 7.64. The zero-order valence-corrected chi connectivity index (χ0v) is 12.2. The summed E-state index contributed by atoms with van der Waals surface area (Å²) in [5.74, 6) is -1.31. The van der Waals surface area contributed by atoms with E-state index < -0.39 is 11.9 Å². The first-order chi connectivity index (χ1) is 10.1. The maximum Gasteiger partial charge on any atom is 0.308 e. The van der Waals surface area contributed by atoms with Crippen molar-refractivity contribution in [3.63, 3.8) is 0 Å². The zero-order chi connectivity index (χ0) is 14.8. The van der Waals surface area contributed by atoms with Crippen molar-refractivity contribution in [2.75, 3.05) is 13.1 Å². The topological polar surface area (TPSA) is 57.6 Å². The Hall–Kier alpha value is -2.14. The Kier molecular flexibility index (Phi) is 3.75. The molecule has 1 saturated heterocycles. The molecular formula is C16H15NO3S. The van der Waals surface area contributed by atoms with Gasteiger partial charge in [0.2, 0.25) is 0 Å². The summed E-state index contributed by atoms with van der Waals surface area (Å²) in [4.78, 5) is 26.7. The van der Waals surface area contributed by atoms with E-state index in [0.29, 0.717) is 24.4 Å². The number of hydrogen-bond acceptors (Lipinski definition) is 3. The number of amides is 1. The van der Waals surface area contributed by atoms with Gasteiger partial charge in [0.15, 0.2) is 0 Å². The van der Waals surface area contributed by atoms with Crippen molar-refractivity contribution in [3.8, 4) is 10.4 Å². The van der Waals surface area contributed by atoms with Crippen molar-refractivity contribution < 1.29 is 14.7 Å². The summed E-state index contributed by atoms with van der Waals surface area (Å²) in [7, 11) is 0. The van der Waals surface area contributed by atoms with E-state index in [-0.39, 0.29) is 5.91 Å². The normalized spacial score (nSPS) is 17.9. The van der Waals surface area contributed by atoms with Gasteiger partial charge in [0.25, 0.3) is 5.91 Å². The van der Waals surface area contributed by atoms with E-state index in [1.165, 1.54) is 11.3 Å². The number of carboxylic acid groups (broad SMARTS) is 1. The van der Waals surface area contributed by atoms with Gasteiger partial charge in [0, 0.05) is 18.0 Å². The molecule has 1 fully saturated rings. The van der Waals surface area contributed by atoms with Gasteiger partial charge in [0.05, 0.1) is 10.8 Å². The lowest BCUT2D eigenvalue weighted by Crippen LogP contribution is -2.29. The lowest BCUT2D eigenvalue weighted by atomic mass is 10.1. The van der Waals surface area contributed by atoms with Crippen molar-refractivity contribution >= 4 is 23.2 Å². The van der Waals surface area contributed by atoms with E-state index in [1.807, 2.05) is 42.5 Å². The van der Waals surface area contributed by atoms with Crippen LogP contribution in [0.5, 0.6) is 0 Å². The smallest absolute Gasteiger partial charge is 0.308 e. The summed E-state index contributed by atoms with van der Waals surface area (Å²) in [5, 5.41) is 9.00. The molecule has 0 spiro atoms. The van der Waals surface area contributed by atoms with E-state index in [4.69, 9.17) is 5.11 Å². The highest BCUT2D eigenvalue weighted by Gasteiger charge is 2.31. The number of carboxylic acids is 1. The number of aliphatic carboxylic acids is 1. The average molecular weight is 301 g/mol. The van der Waals surface area contributed by atoms with Crippen LogP contribution in [0.2, 0.25) is 0 Å². The van der Waals surface area contributed by atoms with E-state index in [0.717, 1.165) is 10.4 Å². The van der Waals surface area contributed by atoms with Crippen LogP contribution in [0.1, 0.15) is 16.1 Å². The first-order valence-electron chi connectivity index (χ1n) is 6.82. The predicted molar refractivity (Wildman–Crippen MR) is 81.4 cm³/mol. The van der Waals surface area contributed by atoms with Gasteiger partial charge in [-0.2, -0.15) is 0 Å². The van der Waals surface area contributed by atoms with Crippen molar-refractivity contribution in [2.24, 2.45) is 5.92 Å². The van der Waals surface area contributed by atoms with Crippen LogP contribution >= 0.6 is 11.3 Å². The molecule has 108 valence electrons. The molecule has 3 rings (SSSR count). The number of nitrogens with zero attached hydrogens (tertiary/aromatic N) is 1. The molecule has 1 unspecified atom stereocenters. The summed E-state index contributed by atoms with van der Waals surface area (Å²) in [5.41, 5.74) is 1.09. The van der Waals surface area contributed by atoms with Crippen LogP contribution in [-0.4, -0.2) is 35.0 Å². The minimum absolute atomic E-state index is 0.0640. The highest BCUT2D eigenvalue weighted by Crippen LogP contribution is 2.29. The Labute approximate surface area is 126 Å². The quantitative estimate of drug-likeness (QED) is 0.948. The molecule has 21 heavy (non-hydrogen) atoms. The van der Waals surface area contributed by atoms with Crippen molar-refractivity contribution in [2.45, 2.75) is 6.42 Å². The van der Waals surface area contributed by atoms with Crippen LogP contribution < -0.4 is 0 Å². The molecule has 0 saturated carbocycles. The second-order valence-corrected chi connectivity index (χ2v) is 6.19. The molecule has 1 aliphatic heterocycles. The monoisotopic (exact) mass is 301 g/mol. The van der Waals surface area contributed by atoms with Gasteiger partial charge >= 0.3 is 5.97 Å². The van der Waals surface area contributed by atoms with Gasteiger partial charge in [-0.1, -0.05) is 30.3 Å². The van der Waals surface area contributed by atoms with E-state index >= 15 is 0 Å². The Morgan fingerprint density at radius 2 is 1.90 bits per heavy atom. The fourth-order valence-corrected chi connectivity index (χ4v) is 3.49. The van der Waals surface area contributed by atoms with Gasteiger partial charge in [0.1, 0.15) is 0 Å². The summed E-state index contributed by atoms with van der Waals surface area (Å²) in [6.07, 6.45) is 0.540. The third-order valence-corrected chi connectivity index (χ3v) is 4.82. The zero-order valence-electron chi connectivity index (χ0n) is 11.4. The number of rotatable bonds is 3. The molecule has 4 nitrogen and oxygen atoms in total. The molecule has 1 atom stereocenters. The van der Waals surface area contributed by atoms with Crippen molar-refractivity contribution in [1.82, 2.24) is 4.90 Å². The van der Waals surface area contributed by atoms with Crippen LogP contribution in [-0.2, 0) is 4.79 Å². The second-order valence-electron chi connectivity index (χ2n) is 5.10. The minimum atomic E-state index is -0.818. The summed E-state index contributed by atoms with van der Waals surface area (Å²) < 4.78 is 0. The van der Waals surface area contributed by atoms with Crippen molar-refractivity contribution in [3.05, 3.63) is 47.3 Å². The molecule has 0 radical (unpaired) electrons. The number of carbonyl (C=O) groups excluding carboxylic acids is 1. The van der Waals surface area contributed by atoms with Gasteiger partial charge < -0.3 is 10.0 Å². The maximum absolute atomic E-state index is 12.4. The number of carbonyl (C=O) groups is 2. The van der Waals surface area contributed by atoms with E-state index in [9.17, 15) is 9.59 Å². The molecule has 1 aromatic carbocycles. The number of likely N-dealkylation sites (tertiary alicyclic amines) is 1. The van der Waals surface area contributed by atoms with Crippen molar-refractivity contribution in [1.29, 1.82) is 0 Å². The highest BCUT2D eigenvalue weighted by atomic mass is 32.1. The molecule has 2 heterocycles. The number of hydrogen-bond donors (Lipinski definition) is 1. The largest absolute Gasteiger partial charge is 0.481 e. The molecule has 2 aromatic rings. The Morgan fingerprint density at radius 1 is 1.14 bits per heavy atom.